The molecule has 11 nitrogen and oxygen atoms in total. The summed E-state index contributed by atoms with van der Waals surface area (Å²) in [7, 11) is 3.21. The molecule has 1 aliphatic rings. The number of aliphatic hydroxyl groups is 1. The number of nitrogens with zero attached hydrogens (tertiary/aromatic N) is 5. The minimum absolute atomic E-state index is 0.0963. The van der Waals surface area contributed by atoms with Crippen molar-refractivity contribution in [3.63, 3.8) is 0 Å². The summed E-state index contributed by atoms with van der Waals surface area (Å²) in [6.45, 7) is 6.40. The van der Waals surface area contributed by atoms with Gasteiger partial charge in [-0.05, 0) is 29.1 Å². The summed E-state index contributed by atoms with van der Waals surface area (Å²) < 4.78 is 10.5. The molecule has 1 aliphatic heterocycles. The number of nitrogens with one attached hydrogen (secondary N) is 1. The summed E-state index contributed by atoms with van der Waals surface area (Å²) >= 11 is 1.60. The fraction of sp³-hybridized carbons (Fsp3) is 0.414. The lowest BCUT2D eigenvalue weighted by molar-refractivity contribution is -0.135. The first-order valence-corrected chi connectivity index (χ1v) is 14.3. The van der Waals surface area contributed by atoms with Gasteiger partial charge in [0.1, 0.15) is 17.4 Å². The van der Waals surface area contributed by atoms with E-state index in [2.05, 4.69) is 20.1 Å². The van der Waals surface area contributed by atoms with Gasteiger partial charge in [-0.2, -0.15) is 0 Å². The van der Waals surface area contributed by atoms with Gasteiger partial charge in [-0.1, -0.05) is 38.1 Å². The van der Waals surface area contributed by atoms with Gasteiger partial charge < -0.3 is 29.2 Å². The molecule has 2 amide bonds. The molecule has 0 unspecified atom stereocenters. The molecule has 216 valence electrons. The third-order valence-electron chi connectivity index (χ3n) is 7.38. The van der Waals surface area contributed by atoms with Crippen LogP contribution in [0, 0.1) is 12.8 Å². The van der Waals surface area contributed by atoms with Gasteiger partial charge >= 0.3 is 0 Å². The van der Waals surface area contributed by atoms with Crippen molar-refractivity contribution < 1.29 is 24.0 Å². The van der Waals surface area contributed by atoms with Crippen LogP contribution in [-0.4, -0.2) is 73.6 Å². The number of aliphatic hydroxyl groups excluding tert-OH is 1. The van der Waals surface area contributed by atoms with Gasteiger partial charge in [0.25, 0.3) is 11.8 Å². The number of carbonyl (C=O) groups is 2. The third kappa shape index (κ3) is 5.89. The zero-order valence-corrected chi connectivity index (χ0v) is 24.5. The Morgan fingerprint density at radius 2 is 2.05 bits per heavy atom. The Kier molecular flexibility index (Phi) is 8.22. The number of β-amino-alcohol motifs (C(OH)–C–C–N with tert-alkyl or cyclic N) is 1. The van der Waals surface area contributed by atoms with Gasteiger partial charge in [0.05, 0.1) is 35.3 Å². The van der Waals surface area contributed by atoms with E-state index in [0.717, 1.165) is 21.7 Å². The highest BCUT2D eigenvalue weighted by Crippen LogP contribution is 2.37. The predicted molar refractivity (Wildman–Crippen MR) is 152 cm³/mol. The molecule has 1 saturated heterocycles. The number of hydrogen-bond acceptors (Lipinski definition) is 9. The van der Waals surface area contributed by atoms with Crippen molar-refractivity contribution in [2.24, 2.45) is 5.92 Å². The summed E-state index contributed by atoms with van der Waals surface area (Å²) in [5.41, 5.74) is 5.16. The maximum Gasteiger partial charge on any atom is 0.274 e. The summed E-state index contributed by atoms with van der Waals surface area (Å²) in [4.78, 5) is 43.3. The van der Waals surface area contributed by atoms with Crippen molar-refractivity contribution in [2.75, 3.05) is 20.7 Å². The Morgan fingerprint density at radius 3 is 2.68 bits per heavy atom. The summed E-state index contributed by atoms with van der Waals surface area (Å²) in [5, 5.41) is 14.4. The van der Waals surface area contributed by atoms with Crippen molar-refractivity contribution in [2.45, 2.75) is 51.8 Å². The summed E-state index contributed by atoms with van der Waals surface area (Å²) in [6.07, 6.45) is 1.14. The van der Waals surface area contributed by atoms with E-state index in [1.807, 2.05) is 50.5 Å². The van der Waals surface area contributed by atoms with Gasteiger partial charge in [-0.3, -0.25) is 9.59 Å². The average Bonchev–Trinajstić information content (AvgIpc) is 3.75. The van der Waals surface area contributed by atoms with E-state index < -0.39 is 18.1 Å². The molecule has 1 aromatic carbocycles. The second kappa shape index (κ2) is 11.8. The SMILES string of the molecule is COc1cc([C@H](C(=O)N2C[C@H](O)C[C@H]2c2nc(C(=O)N(C)Cc3ccc(-c4scnc4C)cc3)c[nH]2)C(C)C)on1. The van der Waals surface area contributed by atoms with Crippen LogP contribution in [0.1, 0.15) is 65.6 Å². The number of aryl methyl sites for hydroxylation is 1. The maximum atomic E-state index is 13.8. The first kappa shape index (κ1) is 28.5. The lowest BCUT2D eigenvalue weighted by Gasteiger charge is -2.28. The van der Waals surface area contributed by atoms with Gasteiger partial charge in [-0.25, -0.2) is 9.97 Å². The van der Waals surface area contributed by atoms with E-state index in [-0.39, 0.29) is 30.0 Å². The zero-order valence-electron chi connectivity index (χ0n) is 23.7. The number of imidazole rings is 1. The number of aromatic amines is 1. The molecule has 2 N–H and O–H groups in total. The van der Waals surface area contributed by atoms with Crippen LogP contribution in [0.3, 0.4) is 0 Å². The highest BCUT2D eigenvalue weighted by atomic mass is 32.1. The van der Waals surface area contributed by atoms with Crippen LogP contribution in [0.25, 0.3) is 10.4 Å². The number of thiazole rings is 1. The van der Waals surface area contributed by atoms with Gasteiger partial charge in [0.2, 0.25) is 5.91 Å². The molecule has 0 bridgehead atoms. The van der Waals surface area contributed by atoms with E-state index in [1.165, 1.54) is 7.11 Å². The number of aromatic nitrogens is 4. The zero-order chi connectivity index (χ0) is 29.3. The van der Waals surface area contributed by atoms with Crippen LogP contribution >= 0.6 is 11.3 Å². The first-order chi connectivity index (χ1) is 19.7. The fourth-order valence-corrected chi connectivity index (χ4v) is 6.06. The van der Waals surface area contributed by atoms with Crippen LogP contribution in [-0.2, 0) is 11.3 Å². The van der Waals surface area contributed by atoms with Crippen molar-refractivity contribution in [3.8, 4) is 16.3 Å². The molecule has 0 spiro atoms. The van der Waals surface area contributed by atoms with Gasteiger partial charge in [-0.15, -0.1) is 11.3 Å². The van der Waals surface area contributed by atoms with Gasteiger partial charge in [0, 0.05) is 38.8 Å². The van der Waals surface area contributed by atoms with E-state index in [1.54, 1.807) is 40.4 Å². The first-order valence-electron chi connectivity index (χ1n) is 13.5. The normalized spacial score (nSPS) is 17.7. The van der Waals surface area contributed by atoms with E-state index in [9.17, 15) is 14.7 Å². The molecule has 41 heavy (non-hydrogen) atoms. The number of rotatable bonds is 9. The number of amides is 2. The van der Waals surface area contributed by atoms with Crippen LogP contribution in [0.15, 0.2) is 46.6 Å². The van der Waals surface area contributed by atoms with Gasteiger partial charge in [0.15, 0.2) is 5.76 Å². The molecule has 0 saturated carbocycles. The smallest absolute Gasteiger partial charge is 0.274 e. The highest BCUT2D eigenvalue weighted by molar-refractivity contribution is 7.13. The van der Waals surface area contributed by atoms with E-state index in [0.29, 0.717) is 30.4 Å². The molecule has 0 radical (unpaired) electrons. The Bertz CT molecular complexity index is 1510. The second-order valence-electron chi connectivity index (χ2n) is 10.7. The number of ether oxygens (including phenoxy) is 1. The van der Waals surface area contributed by atoms with Crippen molar-refractivity contribution >= 4 is 23.2 Å². The number of H-pyrrole nitrogens is 1. The quantitative estimate of drug-likeness (QED) is 0.302. The monoisotopic (exact) mass is 578 g/mol. The number of methoxy groups -OCH3 is 1. The summed E-state index contributed by atoms with van der Waals surface area (Å²) in [6, 6.07) is 9.18. The number of hydrogen-bond donors (Lipinski definition) is 2. The van der Waals surface area contributed by atoms with Crippen LogP contribution in [0.5, 0.6) is 5.88 Å². The Hall–Kier alpha value is -4.03. The minimum atomic E-state index is -0.718. The van der Waals surface area contributed by atoms with Crippen LogP contribution in [0.2, 0.25) is 0 Å². The Morgan fingerprint density at radius 1 is 1.29 bits per heavy atom. The van der Waals surface area contributed by atoms with E-state index in [4.69, 9.17) is 9.26 Å². The fourth-order valence-electron chi connectivity index (χ4n) is 5.24. The Balaban J connectivity index is 1.29. The molecule has 0 aliphatic carbocycles. The molecule has 12 heteroatoms. The lowest BCUT2D eigenvalue weighted by Crippen LogP contribution is -2.37. The number of likely N-dealkylation sites (tertiary alicyclic amines) is 1. The lowest BCUT2D eigenvalue weighted by atomic mass is 9.91. The third-order valence-corrected chi connectivity index (χ3v) is 8.36. The average molecular weight is 579 g/mol. The maximum absolute atomic E-state index is 13.8. The molecule has 1 fully saturated rings. The number of benzene rings is 1. The molecule has 5 rings (SSSR count). The van der Waals surface area contributed by atoms with Crippen LogP contribution < -0.4 is 4.74 Å². The van der Waals surface area contributed by atoms with Crippen molar-refractivity contribution in [1.29, 1.82) is 0 Å². The summed E-state index contributed by atoms with van der Waals surface area (Å²) in [5.74, 6) is -0.0315. The highest BCUT2D eigenvalue weighted by Gasteiger charge is 2.42. The number of carbonyl (C=O) groups excluding carboxylic acids is 2. The predicted octanol–water partition coefficient (Wildman–Crippen LogP) is 4.18. The van der Waals surface area contributed by atoms with E-state index >= 15 is 0 Å². The molecule has 4 heterocycles. The largest absolute Gasteiger partial charge is 0.479 e. The molecular formula is C29H34N6O5S. The van der Waals surface area contributed by atoms with Crippen LogP contribution in [0.4, 0.5) is 0 Å². The topological polar surface area (TPSA) is 138 Å². The van der Waals surface area contributed by atoms with Crippen molar-refractivity contribution in [3.05, 3.63) is 70.6 Å². The molecular weight excluding hydrogens is 544 g/mol. The Labute approximate surface area is 242 Å². The second-order valence-corrected chi connectivity index (χ2v) is 11.5. The van der Waals surface area contributed by atoms with Crippen molar-refractivity contribution in [1.82, 2.24) is 29.9 Å². The molecule has 3 atom stereocenters. The molecule has 3 aromatic heterocycles. The minimum Gasteiger partial charge on any atom is -0.479 e. The standard InChI is InChI=1S/C29H34N6O5S/c1-16(2)25(23-11-24(39-5)33-40-23)29(38)35-14-20(36)10-22(35)27-30-12-21(32-27)28(37)34(4)13-18-6-8-19(9-7-18)26-17(3)31-15-41-26/h6-9,11-12,15-16,20,22,25,36H,10,13-14H2,1-5H3,(H,30,32)/t20-,22+,25-/m1/s1. The molecule has 4 aromatic rings.